The van der Waals surface area contributed by atoms with Crippen LogP contribution in [0.4, 0.5) is 15.8 Å². The van der Waals surface area contributed by atoms with Crippen molar-refractivity contribution in [3.05, 3.63) is 99.9 Å². The van der Waals surface area contributed by atoms with Gasteiger partial charge in [0.25, 0.3) is 11.6 Å². The van der Waals surface area contributed by atoms with Gasteiger partial charge in [-0.25, -0.2) is 4.39 Å². The Morgan fingerprint density at radius 3 is 2.52 bits per heavy atom. The normalized spacial score (nSPS) is 10.3. The molecule has 1 amide bonds. The first-order valence-electron chi connectivity index (χ1n) is 8.05. The smallest absolute Gasteiger partial charge is 0.282 e. The van der Waals surface area contributed by atoms with Gasteiger partial charge in [-0.15, -0.1) is 0 Å². The predicted molar refractivity (Wildman–Crippen MR) is 98.2 cm³/mol. The minimum absolute atomic E-state index is 0.0277. The van der Waals surface area contributed by atoms with Crippen molar-refractivity contribution in [2.75, 3.05) is 5.32 Å². The van der Waals surface area contributed by atoms with E-state index in [-0.39, 0.29) is 23.7 Å². The van der Waals surface area contributed by atoms with Crippen LogP contribution in [0.5, 0.6) is 5.75 Å². The molecule has 0 fully saturated rings. The number of nitrogens with one attached hydrogen (secondary N) is 1. The molecule has 0 saturated heterocycles. The third-order valence-electron chi connectivity index (χ3n) is 3.76. The number of rotatable bonds is 6. The van der Waals surface area contributed by atoms with E-state index in [0.717, 1.165) is 5.56 Å². The van der Waals surface area contributed by atoms with Crippen molar-refractivity contribution in [2.24, 2.45) is 0 Å². The summed E-state index contributed by atoms with van der Waals surface area (Å²) in [6.45, 7) is 0.238. The van der Waals surface area contributed by atoms with E-state index in [1.54, 1.807) is 42.5 Å². The number of carbonyl (C=O) groups excluding carboxylic acids is 1. The zero-order valence-electron chi connectivity index (χ0n) is 14.1. The van der Waals surface area contributed by atoms with Crippen LogP contribution in [-0.2, 0) is 6.61 Å². The third-order valence-corrected chi connectivity index (χ3v) is 3.76. The molecule has 0 aliphatic rings. The lowest BCUT2D eigenvalue weighted by molar-refractivity contribution is -0.385. The van der Waals surface area contributed by atoms with E-state index < -0.39 is 10.8 Å². The quantitative estimate of drug-likeness (QED) is 0.512. The van der Waals surface area contributed by atoms with Crippen molar-refractivity contribution in [2.45, 2.75) is 6.61 Å². The van der Waals surface area contributed by atoms with Crippen LogP contribution >= 0.6 is 0 Å². The topological polar surface area (TPSA) is 81.5 Å². The molecule has 0 saturated carbocycles. The Morgan fingerprint density at radius 2 is 1.78 bits per heavy atom. The van der Waals surface area contributed by atoms with Gasteiger partial charge in [-0.3, -0.25) is 14.9 Å². The summed E-state index contributed by atoms with van der Waals surface area (Å²) < 4.78 is 18.6. The van der Waals surface area contributed by atoms with E-state index in [4.69, 9.17) is 4.74 Å². The largest absolute Gasteiger partial charge is 0.489 e. The number of nitro groups is 1. The minimum Gasteiger partial charge on any atom is -0.489 e. The molecule has 0 heterocycles. The second-order valence-electron chi connectivity index (χ2n) is 5.67. The molecule has 0 aromatic heterocycles. The van der Waals surface area contributed by atoms with Gasteiger partial charge in [-0.05, 0) is 35.9 Å². The summed E-state index contributed by atoms with van der Waals surface area (Å²) in [6.07, 6.45) is 0. The van der Waals surface area contributed by atoms with E-state index in [1.165, 1.54) is 30.3 Å². The number of anilines is 1. The molecule has 136 valence electrons. The Morgan fingerprint density at radius 1 is 1.04 bits per heavy atom. The molecule has 7 heteroatoms. The van der Waals surface area contributed by atoms with Crippen LogP contribution in [0.3, 0.4) is 0 Å². The van der Waals surface area contributed by atoms with Gasteiger partial charge in [0.1, 0.15) is 23.7 Å². The number of halogens is 1. The molecular formula is C20H15FN2O4. The Bertz CT molecular complexity index is 974. The van der Waals surface area contributed by atoms with Crippen LogP contribution in [-0.4, -0.2) is 10.8 Å². The van der Waals surface area contributed by atoms with E-state index in [2.05, 4.69) is 5.32 Å². The highest BCUT2D eigenvalue weighted by atomic mass is 19.1. The number of nitro benzene ring substituents is 1. The maximum Gasteiger partial charge on any atom is 0.282 e. The SMILES string of the molecule is O=C(Nc1cccc(OCc2ccc(F)cc2)c1)c1ccccc1[N+](=O)[O-]. The summed E-state index contributed by atoms with van der Waals surface area (Å²) in [5.74, 6) is -0.406. The number of ether oxygens (including phenoxy) is 1. The highest BCUT2D eigenvalue weighted by Crippen LogP contribution is 2.22. The van der Waals surface area contributed by atoms with Crippen molar-refractivity contribution in [1.29, 1.82) is 0 Å². The number of carbonyl (C=O) groups is 1. The number of hydrogen-bond donors (Lipinski definition) is 1. The number of hydrogen-bond acceptors (Lipinski definition) is 4. The zero-order valence-corrected chi connectivity index (χ0v) is 14.1. The summed E-state index contributed by atoms with van der Waals surface area (Å²) in [6, 6.07) is 18.3. The van der Waals surface area contributed by atoms with E-state index in [0.29, 0.717) is 11.4 Å². The highest BCUT2D eigenvalue weighted by molar-refractivity contribution is 6.07. The Balaban J connectivity index is 1.69. The molecule has 0 spiro atoms. The molecular weight excluding hydrogens is 351 g/mol. The van der Waals surface area contributed by atoms with Crippen molar-refractivity contribution < 1.29 is 18.8 Å². The second kappa shape index (κ2) is 8.09. The third kappa shape index (κ3) is 4.66. The van der Waals surface area contributed by atoms with E-state index in [1.807, 2.05) is 0 Å². The van der Waals surface area contributed by atoms with Crippen LogP contribution in [0.25, 0.3) is 0 Å². The number of benzene rings is 3. The van der Waals surface area contributed by atoms with Crippen molar-refractivity contribution in [1.82, 2.24) is 0 Å². The maximum atomic E-state index is 12.9. The Labute approximate surface area is 154 Å². The van der Waals surface area contributed by atoms with Gasteiger partial charge in [0.05, 0.1) is 4.92 Å². The molecule has 1 N–H and O–H groups in total. The summed E-state index contributed by atoms with van der Waals surface area (Å²) in [7, 11) is 0. The Kier molecular flexibility index (Phi) is 5.41. The lowest BCUT2D eigenvalue weighted by Crippen LogP contribution is -2.13. The first-order chi connectivity index (χ1) is 13.0. The summed E-state index contributed by atoms with van der Waals surface area (Å²) in [5, 5.41) is 13.7. The number of amides is 1. The molecule has 3 rings (SSSR count). The van der Waals surface area contributed by atoms with Crippen LogP contribution < -0.4 is 10.1 Å². The van der Waals surface area contributed by atoms with Gasteiger partial charge in [0.2, 0.25) is 0 Å². The first-order valence-corrected chi connectivity index (χ1v) is 8.05. The van der Waals surface area contributed by atoms with Gasteiger partial charge < -0.3 is 10.1 Å². The average Bonchev–Trinajstić information content (AvgIpc) is 2.68. The molecule has 3 aromatic carbocycles. The van der Waals surface area contributed by atoms with Crippen LogP contribution in [0.1, 0.15) is 15.9 Å². The zero-order chi connectivity index (χ0) is 19.2. The van der Waals surface area contributed by atoms with E-state index in [9.17, 15) is 19.3 Å². The molecule has 0 atom stereocenters. The molecule has 0 bridgehead atoms. The van der Waals surface area contributed by atoms with Gasteiger partial charge >= 0.3 is 0 Å². The lowest BCUT2D eigenvalue weighted by atomic mass is 10.1. The minimum atomic E-state index is -0.600. The predicted octanol–water partition coefficient (Wildman–Crippen LogP) is 4.57. The second-order valence-corrected chi connectivity index (χ2v) is 5.67. The monoisotopic (exact) mass is 366 g/mol. The lowest BCUT2D eigenvalue weighted by Gasteiger charge is -2.09. The van der Waals surface area contributed by atoms with Gasteiger partial charge in [0, 0.05) is 17.8 Å². The average molecular weight is 366 g/mol. The highest BCUT2D eigenvalue weighted by Gasteiger charge is 2.19. The fraction of sp³-hybridized carbons (Fsp3) is 0.0500. The fourth-order valence-corrected chi connectivity index (χ4v) is 2.43. The molecule has 0 aliphatic carbocycles. The molecule has 3 aromatic rings. The van der Waals surface area contributed by atoms with Crippen LogP contribution in [0, 0.1) is 15.9 Å². The molecule has 27 heavy (non-hydrogen) atoms. The first kappa shape index (κ1) is 18.1. The van der Waals surface area contributed by atoms with Crippen molar-refractivity contribution in [3.63, 3.8) is 0 Å². The van der Waals surface area contributed by atoms with Crippen LogP contribution in [0.2, 0.25) is 0 Å². The number of nitrogens with zero attached hydrogens (tertiary/aromatic N) is 1. The molecule has 0 unspecified atom stereocenters. The van der Waals surface area contributed by atoms with Gasteiger partial charge in [-0.1, -0.05) is 30.3 Å². The van der Waals surface area contributed by atoms with E-state index >= 15 is 0 Å². The van der Waals surface area contributed by atoms with Crippen molar-refractivity contribution in [3.8, 4) is 5.75 Å². The number of para-hydroxylation sites is 1. The van der Waals surface area contributed by atoms with Gasteiger partial charge in [-0.2, -0.15) is 0 Å². The Hall–Kier alpha value is -3.74. The fourth-order valence-electron chi connectivity index (χ4n) is 2.43. The molecule has 6 nitrogen and oxygen atoms in total. The van der Waals surface area contributed by atoms with Crippen LogP contribution in [0.15, 0.2) is 72.8 Å². The summed E-state index contributed by atoms with van der Waals surface area (Å²) in [5.41, 5.74) is 0.944. The van der Waals surface area contributed by atoms with Gasteiger partial charge in [0.15, 0.2) is 0 Å². The van der Waals surface area contributed by atoms with Crippen molar-refractivity contribution >= 4 is 17.3 Å². The summed E-state index contributed by atoms with van der Waals surface area (Å²) >= 11 is 0. The summed E-state index contributed by atoms with van der Waals surface area (Å²) in [4.78, 5) is 22.8. The standard InChI is InChI=1S/C20H15FN2O4/c21-15-10-8-14(9-11-15)13-27-17-5-3-4-16(12-17)22-20(24)18-6-1-2-7-19(18)23(25)26/h1-12H,13H2,(H,22,24). The maximum absolute atomic E-state index is 12.9. The molecule has 0 radical (unpaired) electrons. The molecule has 0 aliphatic heterocycles.